The van der Waals surface area contributed by atoms with E-state index in [2.05, 4.69) is 0 Å². The Hall–Kier alpha value is -4.45. The number of aromatic hydroxyl groups is 1. The number of furan rings is 2. The van der Waals surface area contributed by atoms with Crippen LogP contribution in [0.15, 0.2) is 135 Å². The molecule has 4 aromatic heterocycles. The molecule has 4 heterocycles. The van der Waals surface area contributed by atoms with Gasteiger partial charge in [-0.05, 0) is 119 Å². The first kappa shape index (κ1) is 130. The normalized spacial score (nSPS) is 13.8. The van der Waals surface area contributed by atoms with Crippen LogP contribution in [0.4, 0.5) is 0 Å². The second kappa shape index (κ2) is 68.2. The number of benzene rings is 4. The minimum Gasteiger partial charge on any atom is -0.504 e. The molecule has 0 aliphatic heterocycles. The zero-order valence-electron chi connectivity index (χ0n) is 64.8. The van der Waals surface area contributed by atoms with Crippen molar-refractivity contribution in [2.45, 2.75) is 197 Å². The maximum absolute atomic E-state index is 11.9. The van der Waals surface area contributed by atoms with E-state index in [1.807, 2.05) is 19.9 Å². The van der Waals surface area contributed by atoms with E-state index in [9.17, 15) is 31.5 Å². The topological polar surface area (TPSA) is 516 Å². The van der Waals surface area contributed by atoms with Crippen LogP contribution in [-0.4, -0.2) is 110 Å². The van der Waals surface area contributed by atoms with Crippen molar-refractivity contribution in [1.29, 1.82) is 0 Å². The number of fused-ring (bicyclic) bond motifs is 4. The van der Waals surface area contributed by atoms with Gasteiger partial charge in [-0.3, -0.25) is 4.18 Å². The molecule has 0 unspecified atom stereocenters. The van der Waals surface area contributed by atoms with Crippen molar-refractivity contribution in [2.75, 3.05) is 34.0 Å². The van der Waals surface area contributed by atoms with E-state index in [0.717, 1.165) is 34.7 Å². The monoisotopic (exact) mass is 2100 g/mol. The summed E-state index contributed by atoms with van der Waals surface area (Å²) in [5.74, 6) is 3.14. The largest absolute Gasteiger partial charge is 2.00 e. The van der Waals surface area contributed by atoms with Gasteiger partial charge in [0.05, 0.1) is 48.0 Å². The smallest absolute Gasteiger partial charge is 0.504 e. The Bertz CT molecular complexity index is 3760. The van der Waals surface area contributed by atoms with Gasteiger partial charge in [-0.2, -0.15) is 8.42 Å². The third-order valence-corrected chi connectivity index (χ3v) is 19.8. The summed E-state index contributed by atoms with van der Waals surface area (Å²) in [7, 11) is 0.947. The Morgan fingerprint density at radius 3 is 1.07 bits per heavy atom. The van der Waals surface area contributed by atoms with Gasteiger partial charge in [-0.25, -0.2) is 18.0 Å². The number of rotatable bonds is 11. The molecule has 8 aromatic rings. The summed E-state index contributed by atoms with van der Waals surface area (Å²) < 4.78 is 88.0. The van der Waals surface area contributed by atoms with Crippen LogP contribution in [0.25, 0.3) is 43.9 Å². The van der Waals surface area contributed by atoms with Crippen LogP contribution >= 0.6 is 10.7 Å². The zero-order valence-corrected chi connectivity index (χ0v) is 76.9. The van der Waals surface area contributed by atoms with Crippen molar-refractivity contribution in [2.24, 2.45) is 17.8 Å². The van der Waals surface area contributed by atoms with Crippen molar-refractivity contribution < 1.29 is 180 Å². The van der Waals surface area contributed by atoms with Gasteiger partial charge in [0.15, 0.2) is 33.8 Å². The first-order valence-corrected chi connectivity index (χ1v) is 36.1. The van der Waals surface area contributed by atoms with Gasteiger partial charge in [0.1, 0.15) is 12.5 Å². The first-order chi connectivity index (χ1) is 43.5. The Morgan fingerprint density at radius 1 is 0.426 bits per heavy atom. The third kappa shape index (κ3) is 41.9. The average Bonchev–Trinajstić information content (AvgIpc) is 1.56. The van der Waals surface area contributed by atoms with E-state index in [0.29, 0.717) is 87.9 Å². The van der Waals surface area contributed by atoms with E-state index in [4.69, 9.17) is 51.9 Å². The minimum absolute atomic E-state index is 0. The summed E-state index contributed by atoms with van der Waals surface area (Å²) in [6, 6.07) is 22.7. The summed E-state index contributed by atoms with van der Waals surface area (Å²) in [5, 5.41) is 21.0. The molecule has 108 heavy (non-hydrogen) atoms. The SMILES string of the molecule is C1CCCC1.C1CCCC1.C1CCCC1.COc1c2oc(=O)ccc2cc2c(O)coc12.COc1c2oc(=O)ccc2cc2c(OCC3CCCC3)coc12.Cc1ccc(S(=O)(=O)Cl)cc1.Cc1ccc(S(=O)(=O)OCC2CCCC2)cc1.O.O.O.O.O.O.O.O.O.OCC1CCCC1.[181Ta+2].[181Ta+2].[181Ta+2].[CH3-].[CH3-].[CH3-].[CH3-].[CH3-].[CH3-]. The molecular formula is C77H129ClO25S2Ta3. The second-order valence-corrected chi connectivity index (χ2v) is 28.4. The molecule has 25 nitrogen and oxygen atoms in total. The van der Waals surface area contributed by atoms with E-state index in [1.165, 1.54) is 205 Å². The van der Waals surface area contributed by atoms with Gasteiger partial charge in [0.25, 0.3) is 19.2 Å². The van der Waals surface area contributed by atoms with Crippen LogP contribution in [-0.2, 0) is 90.5 Å². The maximum atomic E-state index is 11.9. The molecule has 0 saturated heterocycles. The molecule has 20 N–H and O–H groups in total. The molecule has 621 valence electrons. The van der Waals surface area contributed by atoms with Crippen LogP contribution in [0.3, 0.4) is 0 Å². The van der Waals surface area contributed by atoms with Crippen molar-refractivity contribution in [3.8, 4) is 23.0 Å². The van der Waals surface area contributed by atoms with Crippen LogP contribution in [0.1, 0.15) is 184 Å². The van der Waals surface area contributed by atoms with Crippen molar-refractivity contribution >= 4 is 73.7 Å². The number of hydrogen-bond donors (Lipinski definition) is 2. The standard InChI is InChI=1S/C18H18O5.C13H18O3S.C12H8O5.C7H7ClO2S.C6H12O.3C5H10.6CH3.9H2O.3Ta/c1-20-18-16-12(6-7-15(19)23-16)8-13-14(10-22-17(13)18)21-9-11-4-2-3-5-11;1-11-6-8-13(9-7-11)17(14,15)16-10-12-4-2-3-5-12;1-15-12-10-6(2-3-9(14)17-10)4-7-8(13)5-16-11(7)12;1-6-2-4-7(5-3-6)11(8,9)10;7-5-6-3-1-2-4-6;3*1-2-4-5-3-1;;;;;;;;;;;;;;;;;;/h6-8,10-11H,2-5,9H2,1H3;6-9,12H,2-5,10H2,1H3;2-5,13H,1H3;2-5H,1H3;6-7H,1-5H2;3*1-5H2;6*1H3;9*1H2;;;/q;;;;;;;;6*-1;;;;;;;;;;3*+2/i;;;;;;;;;;;;;;;;;;;;;;;3*1+0. The van der Waals surface area contributed by atoms with Crippen molar-refractivity contribution in [1.82, 2.24) is 0 Å². The minimum atomic E-state index is -3.56. The summed E-state index contributed by atoms with van der Waals surface area (Å²) in [4.78, 5) is 23.0. The summed E-state index contributed by atoms with van der Waals surface area (Å²) in [5.41, 5.74) is 2.76. The van der Waals surface area contributed by atoms with E-state index < -0.39 is 30.4 Å². The Balaban J connectivity index is -0.0000000999. The molecule has 3 radical (unpaired) electrons. The fourth-order valence-electron chi connectivity index (χ4n) is 11.8. The molecular weight excluding hydrogens is 1970 g/mol. The number of ether oxygens (including phenoxy) is 3. The molecule has 14 rings (SSSR count). The van der Waals surface area contributed by atoms with Crippen LogP contribution in [0.5, 0.6) is 23.0 Å². The molecule has 6 saturated carbocycles. The van der Waals surface area contributed by atoms with Crippen LogP contribution in [0, 0.1) is 76.2 Å². The summed E-state index contributed by atoms with van der Waals surface area (Å²) >= 11 is 0. The average molecular weight is 2100 g/mol. The molecule has 0 spiro atoms. The van der Waals surface area contributed by atoms with Gasteiger partial charge in [0, 0.05) is 40.2 Å². The third-order valence-electron chi connectivity index (χ3n) is 17.1. The molecule has 0 bridgehead atoms. The molecule has 6 aliphatic rings. The fraction of sp³-hybridized carbons (Fsp3) is 0.481. The number of aliphatic hydroxyl groups excluding tert-OH is 1. The van der Waals surface area contributed by atoms with Gasteiger partial charge < -0.3 is 136 Å². The number of aliphatic hydroxyl groups is 1. The van der Waals surface area contributed by atoms with Gasteiger partial charge in [-0.1, -0.05) is 170 Å². The number of aryl methyl sites for hydroxylation is 2. The van der Waals surface area contributed by atoms with Gasteiger partial charge in [-0.15, -0.1) is 0 Å². The fourth-order valence-corrected chi connectivity index (χ4v) is 13.6. The molecule has 4 aromatic carbocycles. The zero-order chi connectivity index (χ0) is 64.3. The number of halogens is 1. The molecule has 0 atom stereocenters. The van der Waals surface area contributed by atoms with Crippen LogP contribution in [0.2, 0.25) is 0 Å². The maximum Gasteiger partial charge on any atom is 2.00 e. The number of methoxy groups -OCH3 is 2. The van der Waals surface area contributed by atoms with Crippen LogP contribution < -0.4 is 25.5 Å². The Kier molecular flexibility index (Phi) is 82.0. The summed E-state index contributed by atoms with van der Waals surface area (Å²) in [6.45, 7) is 5.26. The van der Waals surface area contributed by atoms with Crippen molar-refractivity contribution in [3.63, 3.8) is 0 Å². The summed E-state index contributed by atoms with van der Waals surface area (Å²) in [6.07, 6.45) is 40.1. The quantitative estimate of drug-likeness (QED) is 0.0526. The predicted octanol–water partition coefficient (Wildman–Crippen LogP) is 13.5. The Labute approximate surface area is 693 Å². The van der Waals surface area contributed by atoms with E-state index in [1.54, 1.807) is 60.9 Å². The Morgan fingerprint density at radius 2 is 0.741 bits per heavy atom. The molecule has 31 heteroatoms. The molecule has 6 aliphatic carbocycles. The first-order valence-electron chi connectivity index (χ1n) is 32.4. The second-order valence-electron chi connectivity index (χ2n) is 24.2. The predicted molar refractivity (Wildman–Crippen MR) is 427 cm³/mol. The molecule has 6 fully saturated rings. The van der Waals surface area contributed by atoms with Gasteiger partial charge >= 0.3 is 78.4 Å². The molecule has 0 amide bonds. The van der Waals surface area contributed by atoms with E-state index >= 15 is 0 Å². The van der Waals surface area contributed by atoms with Crippen molar-refractivity contribution in [3.05, 3.63) is 174 Å². The van der Waals surface area contributed by atoms with Gasteiger partial charge in [0.2, 0.25) is 11.5 Å². The number of hydrogen-bond acceptors (Lipinski definition) is 16. The van der Waals surface area contributed by atoms with E-state index in [-0.39, 0.29) is 177 Å².